The standard InChI is InChI=1S/C20H35N3O2S.HI/c1-7-21-19(23-15-20(4,5)26(6,24)25)22-14-8-9-17-10-12-18(13-11-17)16(2)3;/h10-13,16H,7-9,14-15H2,1-6H3,(H2,21,22,23);1H. The van der Waals surface area contributed by atoms with Crippen LogP contribution in [0.15, 0.2) is 29.3 Å². The minimum Gasteiger partial charge on any atom is -0.357 e. The summed E-state index contributed by atoms with van der Waals surface area (Å²) in [5.41, 5.74) is 2.69. The summed E-state index contributed by atoms with van der Waals surface area (Å²) in [5.74, 6) is 1.22. The lowest BCUT2D eigenvalue weighted by molar-refractivity contribution is 0.554. The molecule has 0 heterocycles. The maximum absolute atomic E-state index is 11.8. The largest absolute Gasteiger partial charge is 0.357 e. The van der Waals surface area contributed by atoms with E-state index < -0.39 is 14.6 Å². The minimum atomic E-state index is -3.15. The maximum atomic E-state index is 11.8. The van der Waals surface area contributed by atoms with Crippen LogP contribution in [0.25, 0.3) is 0 Å². The molecule has 0 aliphatic rings. The van der Waals surface area contributed by atoms with Crippen molar-refractivity contribution in [2.45, 2.75) is 58.1 Å². The Balaban J connectivity index is 0.00000676. The number of nitrogens with one attached hydrogen (secondary N) is 2. The lowest BCUT2D eigenvalue weighted by Gasteiger charge is -2.21. The van der Waals surface area contributed by atoms with Gasteiger partial charge in [0.15, 0.2) is 15.8 Å². The number of halogens is 1. The molecule has 1 aromatic rings. The van der Waals surface area contributed by atoms with E-state index in [0.29, 0.717) is 11.9 Å². The second kappa shape index (κ2) is 11.9. The van der Waals surface area contributed by atoms with Crippen molar-refractivity contribution < 1.29 is 8.42 Å². The molecular weight excluding hydrogens is 473 g/mol. The molecule has 0 spiro atoms. The first kappa shape index (κ1) is 26.2. The molecule has 0 unspecified atom stereocenters. The second-order valence-electron chi connectivity index (χ2n) is 7.65. The Hall–Kier alpha value is -0.830. The Morgan fingerprint density at radius 1 is 1.15 bits per heavy atom. The van der Waals surface area contributed by atoms with E-state index in [2.05, 4.69) is 53.7 Å². The SMILES string of the molecule is CCNC(=NCC(C)(C)S(C)(=O)=O)NCCCc1ccc(C(C)C)cc1.I. The monoisotopic (exact) mass is 509 g/mol. The van der Waals surface area contributed by atoms with Crippen LogP contribution in [0.1, 0.15) is 58.1 Å². The van der Waals surface area contributed by atoms with Gasteiger partial charge in [0.05, 0.1) is 11.3 Å². The lowest BCUT2D eigenvalue weighted by Crippen LogP contribution is -2.41. The third-order valence-corrected chi connectivity index (χ3v) is 6.68. The Morgan fingerprint density at radius 3 is 2.22 bits per heavy atom. The third-order valence-electron chi connectivity index (χ3n) is 4.55. The number of sulfone groups is 1. The molecule has 0 saturated carbocycles. The highest BCUT2D eigenvalue weighted by molar-refractivity contribution is 14.0. The van der Waals surface area contributed by atoms with Crippen molar-refractivity contribution in [3.63, 3.8) is 0 Å². The van der Waals surface area contributed by atoms with E-state index in [9.17, 15) is 8.42 Å². The summed E-state index contributed by atoms with van der Waals surface area (Å²) in [4.78, 5) is 4.44. The zero-order valence-corrected chi connectivity index (χ0v) is 20.6. The first-order valence-electron chi connectivity index (χ1n) is 9.37. The van der Waals surface area contributed by atoms with Gasteiger partial charge in [0.25, 0.3) is 0 Å². The van der Waals surface area contributed by atoms with Crippen LogP contribution in [0.2, 0.25) is 0 Å². The fourth-order valence-corrected chi connectivity index (χ4v) is 2.60. The van der Waals surface area contributed by atoms with Crippen molar-refractivity contribution in [3.8, 4) is 0 Å². The van der Waals surface area contributed by atoms with Gasteiger partial charge >= 0.3 is 0 Å². The zero-order chi connectivity index (χ0) is 19.8. The smallest absolute Gasteiger partial charge is 0.191 e. The highest BCUT2D eigenvalue weighted by atomic mass is 127. The predicted molar refractivity (Wildman–Crippen MR) is 127 cm³/mol. The van der Waals surface area contributed by atoms with Gasteiger partial charge in [0, 0.05) is 19.3 Å². The number of nitrogens with zero attached hydrogens (tertiary/aromatic N) is 1. The summed E-state index contributed by atoms with van der Waals surface area (Å²) in [5, 5.41) is 6.46. The number of guanidine groups is 1. The van der Waals surface area contributed by atoms with Gasteiger partial charge in [-0.3, -0.25) is 4.99 Å². The van der Waals surface area contributed by atoms with E-state index in [1.165, 1.54) is 17.4 Å². The van der Waals surface area contributed by atoms with Crippen molar-refractivity contribution in [3.05, 3.63) is 35.4 Å². The fourth-order valence-electron chi connectivity index (χ4n) is 2.30. The molecule has 0 aromatic heterocycles. The number of aryl methyl sites for hydroxylation is 1. The van der Waals surface area contributed by atoms with Crippen LogP contribution in [0, 0.1) is 0 Å². The van der Waals surface area contributed by atoms with Crippen molar-refractivity contribution >= 4 is 39.8 Å². The van der Waals surface area contributed by atoms with Crippen LogP contribution in [0.4, 0.5) is 0 Å². The Labute approximate surface area is 182 Å². The number of rotatable bonds is 9. The molecule has 0 aliphatic heterocycles. The van der Waals surface area contributed by atoms with Crippen LogP contribution in [-0.2, 0) is 16.3 Å². The van der Waals surface area contributed by atoms with Crippen LogP contribution in [0.5, 0.6) is 0 Å². The van der Waals surface area contributed by atoms with Crippen molar-refractivity contribution in [2.75, 3.05) is 25.9 Å². The summed E-state index contributed by atoms with van der Waals surface area (Å²) in [6.07, 6.45) is 3.24. The summed E-state index contributed by atoms with van der Waals surface area (Å²) in [7, 11) is -3.15. The van der Waals surface area contributed by atoms with Crippen LogP contribution < -0.4 is 10.6 Å². The topological polar surface area (TPSA) is 70.6 Å². The van der Waals surface area contributed by atoms with Crippen LogP contribution in [-0.4, -0.2) is 45.0 Å². The fraction of sp³-hybridized carbons (Fsp3) is 0.650. The molecular formula is C20H36IN3O2S. The molecule has 2 N–H and O–H groups in total. The van der Waals surface area contributed by atoms with Crippen molar-refractivity contribution in [2.24, 2.45) is 4.99 Å². The number of aliphatic imine (C=N–C) groups is 1. The van der Waals surface area contributed by atoms with Gasteiger partial charge < -0.3 is 10.6 Å². The van der Waals surface area contributed by atoms with E-state index in [1.54, 1.807) is 13.8 Å². The first-order chi connectivity index (χ1) is 12.1. The number of benzene rings is 1. The van der Waals surface area contributed by atoms with Crippen LogP contribution >= 0.6 is 24.0 Å². The normalized spacial score (nSPS) is 12.6. The molecule has 0 saturated heterocycles. The Kier molecular flexibility index (Phi) is 11.5. The van der Waals surface area contributed by atoms with Gasteiger partial charge in [-0.1, -0.05) is 38.1 Å². The predicted octanol–water partition coefficient (Wildman–Crippen LogP) is 3.74. The summed E-state index contributed by atoms with van der Waals surface area (Å²) >= 11 is 0. The summed E-state index contributed by atoms with van der Waals surface area (Å²) < 4.78 is 22.7. The quantitative estimate of drug-likeness (QED) is 0.230. The second-order valence-corrected chi connectivity index (χ2v) is 10.3. The molecule has 0 radical (unpaired) electrons. The van der Waals surface area contributed by atoms with Crippen molar-refractivity contribution in [1.82, 2.24) is 10.6 Å². The molecule has 156 valence electrons. The molecule has 0 aliphatic carbocycles. The van der Waals surface area contributed by atoms with E-state index in [1.807, 2.05) is 6.92 Å². The maximum Gasteiger partial charge on any atom is 0.191 e. The average molecular weight is 509 g/mol. The van der Waals surface area contributed by atoms with Crippen LogP contribution in [0.3, 0.4) is 0 Å². The van der Waals surface area contributed by atoms with Crippen molar-refractivity contribution in [1.29, 1.82) is 0 Å². The average Bonchev–Trinajstić information content (AvgIpc) is 2.55. The Bertz CT molecular complexity index is 684. The van der Waals surface area contributed by atoms with Gasteiger partial charge in [0.2, 0.25) is 0 Å². The van der Waals surface area contributed by atoms with Gasteiger partial charge in [-0.15, -0.1) is 24.0 Å². The molecule has 27 heavy (non-hydrogen) atoms. The van der Waals surface area contributed by atoms with E-state index in [0.717, 1.165) is 25.9 Å². The third kappa shape index (κ3) is 9.27. The van der Waals surface area contributed by atoms with E-state index in [4.69, 9.17) is 0 Å². The number of hydrogen-bond donors (Lipinski definition) is 2. The highest BCUT2D eigenvalue weighted by Gasteiger charge is 2.29. The van der Waals surface area contributed by atoms with Gasteiger partial charge in [0.1, 0.15) is 0 Å². The summed E-state index contributed by atoms with van der Waals surface area (Å²) in [6, 6.07) is 8.80. The van der Waals surface area contributed by atoms with Gasteiger partial charge in [-0.2, -0.15) is 0 Å². The van der Waals surface area contributed by atoms with E-state index in [-0.39, 0.29) is 30.5 Å². The number of hydrogen-bond acceptors (Lipinski definition) is 3. The molecule has 0 fully saturated rings. The minimum absolute atomic E-state index is 0. The zero-order valence-electron chi connectivity index (χ0n) is 17.5. The first-order valence-corrected chi connectivity index (χ1v) is 11.3. The Morgan fingerprint density at radius 2 is 1.74 bits per heavy atom. The molecule has 0 atom stereocenters. The highest BCUT2D eigenvalue weighted by Crippen LogP contribution is 2.16. The van der Waals surface area contributed by atoms with Gasteiger partial charge in [-0.05, 0) is 50.7 Å². The molecule has 7 heteroatoms. The molecule has 1 rings (SSSR count). The lowest BCUT2D eigenvalue weighted by atomic mass is 10.0. The molecule has 0 amide bonds. The van der Waals surface area contributed by atoms with E-state index >= 15 is 0 Å². The molecule has 0 bridgehead atoms. The van der Waals surface area contributed by atoms with Gasteiger partial charge in [-0.25, -0.2) is 8.42 Å². The molecule has 5 nitrogen and oxygen atoms in total. The molecule has 1 aromatic carbocycles. The summed E-state index contributed by atoms with van der Waals surface area (Å²) in [6.45, 7) is 11.6.